The Morgan fingerprint density at radius 3 is 2.57 bits per heavy atom. The minimum Gasteiger partial charge on any atom is -0.508 e. The fourth-order valence-corrected chi connectivity index (χ4v) is 1.88. The van der Waals surface area contributed by atoms with Crippen LogP contribution in [0.25, 0.3) is 0 Å². The number of carbonyl (C=O) groups is 1. The predicted molar refractivity (Wildman–Crippen MR) is 77.8 cm³/mol. The van der Waals surface area contributed by atoms with Crippen LogP contribution in [-0.4, -0.2) is 17.7 Å². The molecule has 110 valence electrons. The summed E-state index contributed by atoms with van der Waals surface area (Å²) >= 11 is 0. The van der Waals surface area contributed by atoms with Crippen molar-refractivity contribution >= 4 is 11.7 Å². The molecule has 0 aliphatic rings. The van der Waals surface area contributed by atoms with Crippen LogP contribution in [0.4, 0.5) is 10.1 Å². The second-order valence-electron chi connectivity index (χ2n) is 4.47. The van der Waals surface area contributed by atoms with Gasteiger partial charge in [-0.25, -0.2) is 9.18 Å². The largest absolute Gasteiger partial charge is 0.508 e. The van der Waals surface area contributed by atoms with Gasteiger partial charge >= 0.3 is 5.97 Å². The number of hydrogen-bond donors (Lipinski definition) is 2. The summed E-state index contributed by atoms with van der Waals surface area (Å²) in [7, 11) is 0. The molecule has 0 spiro atoms. The Morgan fingerprint density at radius 2 is 1.95 bits per heavy atom. The summed E-state index contributed by atoms with van der Waals surface area (Å²) in [5.41, 5.74) is 1.89. The van der Waals surface area contributed by atoms with E-state index in [1.807, 2.05) is 0 Å². The van der Waals surface area contributed by atoms with Gasteiger partial charge in [-0.2, -0.15) is 0 Å². The summed E-state index contributed by atoms with van der Waals surface area (Å²) in [4.78, 5) is 11.5. The first-order valence-electron chi connectivity index (χ1n) is 6.58. The van der Waals surface area contributed by atoms with Crippen molar-refractivity contribution in [2.24, 2.45) is 0 Å². The van der Waals surface area contributed by atoms with Gasteiger partial charge in [0.15, 0.2) is 0 Å². The van der Waals surface area contributed by atoms with E-state index >= 15 is 0 Å². The maximum Gasteiger partial charge on any atom is 0.338 e. The molecule has 0 saturated heterocycles. The van der Waals surface area contributed by atoms with Crippen LogP contribution >= 0.6 is 0 Å². The molecular weight excluding hydrogens is 273 g/mol. The molecule has 0 fully saturated rings. The van der Waals surface area contributed by atoms with Crippen molar-refractivity contribution in [2.75, 3.05) is 11.9 Å². The van der Waals surface area contributed by atoms with E-state index in [1.165, 1.54) is 12.1 Å². The first-order chi connectivity index (χ1) is 10.1. The van der Waals surface area contributed by atoms with Gasteiger partial charge in [0.1, 0.15) is 11.6 Å². The molecule has 5 heteroatoms. The molecular formula is C16H16FNO3. The molecule has 0 saturated carbocycles. The van der Waals surface area contributed by atoms with E-state index in [-0.39, 0.29) is 11.7 Å². The average molecular weight is 289 g/mol. The fourth-order valence-electron chi connectivity index (χ4n) is 1.88. The molecule has 2 aromatic rings. The number of phenolic OH excluding ortho intramolecular Hbond substituents is 1. The van der Waals surface area contributed by atoms with E-state index in [4.69, 9.17) is 4.74 Å². The molecule has 4 nitrogen and oxygen atoms in total. The maximum absolute atomic E-state index is 13.1. The number of aromatic hydroxyl groups is 1. The number of phenols is 1. The van der Waals surface area contributed by atoms with Crippen molar-refractivity contribution in [1.29, 1.82) is 0 Å². The Balaban J connectivity index is 1.99. The number of rotatable bonds is 5. The van der Waals surface area contributed by atoms with Crippen LogP contribution < -0.4 is 5.32 Å². The van der Waals surface area contributed by atoms with Crippen molar-refractivity contribution in [2.45, 2.75) is 13.5 Å². The monoisotopic (exact) mass is 289 g/mol. The summed E-state index contributed by atoms with van der Waals surface area (Å²) in [6.07, 6.45) is 0. The molecule has 0 unspecified atom stereocenters. The minimum atomic E-state index is -0.482. The SMILES string of the molecule is CCOC(=O)c1ccc(NCc2cc(O)cc(F)c2)cc1. The highest BCUT2D eigenvalue weighted by Crippen LogP contribution is 2.17. The molecule has 2 N–H and O–H groups in total. The van der Waals surface area contributed by atoms with Crippen LogP contribution in [0.3, 0.4) is 0 Å². The second kappa shape index (κ2) is 6.74. The van der Waals surface area contributed by atoms with Crippen molar-refractivity contribution in [3.63, 3.8) is 0 Å². The first-order valence-corrected chi connectivity index (χ1v) is 6.58. The van der Waals surface area contributed by atoms with Crippen molar-refractivity contribution in [1.82, 2.24) is 0 Å². The minimum absolute atomic E-state index is 0.107. The quantitative estimate of drug-likeness (QED) is 0.829. The lowest BCUT2D eigenvalue weighted by Gasteiger charge is -2.08. The zero-order chi connectivity index (χ0) is 15.2. The Bertz CT molecular complexity index is 606. The van der Waals surface area contributed by atoms with Crippen molar-refractivity contribution < 1.29 is 19.0 Å². The number of halogens is 1. The molecule has 2 aromatic carbocycles. The molecule has 0 bridgehead atoms. The third kappa shape index (κ3) is 4.21. The highest BCUT2D eigenvalue weighted by Gasteiger charge is 2.05. The zero-order valence-corrected chi connectivity index (χ0v) is 11.6. The van der Waals surface area contributed by atoms with E-state index in [0.717, 1.165) is 11.8 Å². The lowest BCUT2D eigenvalue weighted by Crippen LogP contribution is -2.05. The van der Waals surface area contributed by atoms with Gasteiger partial charge in [0.2, 0.25) is 0 Å². The van der Waals surface area contributed by atoms with Gasteiger partial charge in [0.25, 0.3) is 0 Å². The van der Waals surface area contributed by atoms with E-state index in [0.29, 0.717) is 24.3 Å². The van der Waals surface area contributed by atoms with E-state index in [9.17, 15) is 14.3 Å². The zero-order valence-electron chi connectivity index (χ0n) is 11.6. The Kier molecular flexibility index (Phi) is 4.77. The van der Waals surface area contributed by atoms with Gasteiger partial charge in [-0.3, -0.25) is 0 Å². The molecule has 0 aromatic heterocycles. The third-order valence-electron chi connectivity index (χ3n) is 2.84. The second-order valence-corrected chi connectivity index (χ2v) is 4.47. The van der Waals surface area contributed by atoms with Gasteiger partial charge in [0.05, 0.1) is 12.2 Å². The lowest BCUT2D eigenvalue weighted by molar-refractivity contribution is 0.0526. The molecule has 0 atom stereocenters. The molecule has 0 aliphatic heterocycles. The summed E-state index contributed by atoms with van der Waals surface area (Å²) in [6, 6.07) is 10.7. The number of hydrogen-bond acceptors (Lipinski definition) is 4. The highest BCUT2D eigenvalue weighted by molar-refractivity contribution is 5.89. The van der Waals surface area contributed by atoms with E-state index < -0.39 is 5.82 Å². The highest BCUT2D eigenvalue weighted by atomic mass is 19.1. The number of anilines is 1. The predicted octanol–water partition coefficient (Wildman–Crippen LogP) is 3.32. The number of carbonyl (C=O) groups excluding carboxylic acids is 1. The average Bonchev–Trinajstić information content (AvgIpc) is 2.45. The van der Waals surface area contributed by atoms with Gasteiger partial charge in [0, 0.05) is 18.3 Å². The van der Waals surface area contributed by atoms with Crippen LogP contribution in [0.5, 0.6) is 5.75 Å². The fraction of sp³-hybridized carbons (Fsp3) is 0.188. The summed E-state index contributed by atoms with van der Waals surface area (Å²) in [5.74, 6) is -0.951. The Labute approximate surface area is 122 Å². The standard InChI is InChI=1S/C16H16FNO3/c1-2-21-16(20)12-3-5-14(6-4-12)18-10-11-7-13(17)9-15(19)8-11/h3-9,18-19H,2,10H2,1H3. The van der Waals surface area contributed by atoms with Crippen LogP contribution in [0.1, 0.15) is 22.8 Å². The van der Waals surface area contributed by atoms with Gasteiger partial charge in [-0.15, -0.1) is 0 Å². The number of nitrogens with one attached hydrogen (secondary N) is 1. The van der Waals surface area contributed by atoms with Crippen LogP contribution in [0.2, 0.25) is 0 Å². The van der Waals surface area contributed by atoms with Crippen molar-refractivity contribution in [3.05, 3.63) is 59.4 Å². The maximum atomic E-state index is 13.1. The number of ether oxygens (including phenoxy) is 1. The number of benzene rings is 2. The smallest absolute Gasteiger partial charge is 0.338 e. The lowest BCUT2D eigenvalue weighted by atomic mass is 10.2. The Hall–Kier alpha value is -2.56. The van der Waals surface area contributed by atoms with Gasteiger partial charge in [-0.05, 0) is 48.9 Å². The topological polar surface area (TPSA) is 58.6 Å². The molecule has 2 rings (SSSR count). The van der Waals surface area contributed by atoms with Crippen LogP contribution in [-0.2, 0) is 11.3 Å². The van der Waals surface area contributed by atoms with Crippen LogP contribution in [0.15, 0.2) is 42.5 Å². The molecule has 0 heterocycles. The van der Waals surface area contributed by atoms with Gasteiger partial charge in [-0.1, -0.05) is 0 Å². The number of esters is 1. The first kappa shape index (κ1) is 14.8. The summed E-state index contributed by atoms with van der Waals surface area (Å²) < 4.78 is 18.0. The van der Waals surface area contributed by atoms with Crippen LogP contribution in [0, 0.1) is 5.82 Å². The third-order valence-corrected chi connectivity index (χ3v) is 2.84. The molecule has 0 aliphatic carbocycles. The van der Waals surface area contributed by atoms with E-state index in [2.05, 4.69) is 5.32 Å². The van der Waals surface area contributed by atoms with E-state index in [1.54, 1.807) is 31.2 Å². The molecule has 21 heavy (non-hydrogen) atoms. The molecule has 0 amide bonds. The summed E-state index contributed by atoms with van der Waals surface area (Å²) in [6.45, 7) is 2.45. The Morgan fingerprint density at radius 1 is 1.24 bits per heavy atom. The van der Waals surface area contributed by atoms with Crippen molar-refractivity contribution in [3.8, 4) is 5.75 Å². The normalized spacial score (nSPS) is 10.2. The van der Waals surface area contributed by atoms with Gasteiger partial charge < -0.3 is 15.2 Å². The molecule has 0 radical (unpaired) electrons. The summed E-state index contributed by atoms with van der Waals surface area (Å²) in [5, 5.41) is 12.4.